The first-order valence-corrected chi connectivity index (χ1v) is 23.5. The fourth-order valence-electron chi connectivity index (χ4n) is 6.65. The van der Waals surface area contributed by atoms with Crippen molar-refractivity contribution in [2.45, 2.75) is 102 Å². The normalized spacial score (nSPS) is 14.4. The van der Waals surface area contributed by atoms with Gasteiger partial charge in [0.05, 0.1) is 0 Å². The standard InChI is InChI=1S/C44H60N7O14PS/c1-4-25(2)38(51-42(58)37(24-67)46-26(3)52)43(59)49-35(21-27-8-14-30(53)15-9-27)40(56)47-33(7-5-6-20-45)39(55)48-34(22-29-12-18-32(19-13-29)65-66(62,63)64)41(57)50-36(44(60)61)23-28-10-16-31(54)17-11-28/h8-19,25,33-38,53-54,67H,4-7,20-24,45H2,1-3H3,(H,46,52)(H,47,56)(H,48,55)(H,49,59)(H,50,57)(H,51,58)(H,60,61)(H2,62,63,64)/t25-,33-,34-,35-,36-,37-,38-/m0/s1. The van der Waals surface area contributed by atoms with E-state index < -0.39 is 91.4 Å². The number of carboxylic acid groups (broad SMARTS) is 1. The van der Waals surface area contributed by atoms with E-state index in [1.807, 2.05) is 0 Å². The number of unbranched alkanes of at least 4 members (excludes halogenated alkanes) is 1. The molecule has 0 aromatic heterocycles. The Kier molecular flexibility index (Phi) is 22.1. The Labute approximate surface area is 393 Å². The van der Waals surface area contributed by atoms with Crippen molar-refractivity contribution >= 4 is 61.9 Å². The lowest BCUT2D eigenvalue weighted by Crippen LogP contribution is -2.61. The van der Waals surface area contributed by atoms with Gasteiger partial charge in [-0.2, -0.15) is 12.6 Å². The highest BCUT2D eigenvalue weighted by Crippen LogP contribution is 2.37. The van der Waals surface area contributed by atoms with Gasteiger partial charge in [0.25, 0.3) is 0 Å². The number of nitrogens with two attached hydrogens (primary N) is 1. The molecule has 3 aromatic rings. The topological polar surface area (TPSA) is 345 Å². The molecule has 21 nitrogen and oxygen atoms in total. The van der Waals surface area contributed by atoms with Crippen LogP contribution in [0.25, 0.3) is 0 Å². The highest BCUT2D eigenvalue weighted by Gasteiger charge is 2.35. The summed E-state index contributed by atoms with van der Waals surface area (Å²) in [6, 6.07) is 8.50. The van der Waals surface area contributed by atoms with Gasteiger partial charge in [0.15, 0.2) is 0 Å². The number of phenols is 2. The minimum Gasteiger partial charge on any atom is -0.508 e. The Balaban J connectivity index is 1.99. The monoisotopic (exact) mass is 973 g/mol. The molecular formula is C44H60N7O14PS. The second-order valence-electron chi connectivity index (χ2n) is 15.8. The van der Waals surface area contributed by atoms with Crippen LogP contribution >= 0.6 is 20.5 Å². The Hall–Kier alpha value is -6.19. The molecule has 0 heterocycles. The predicted octanol–water partition coefficient (Wildman–Crippen LogP) is 0.715. The van der Waals surface area contributed by atoms with Crippen LogP contribution < -0.4 is 42.2 Å². The molecule has 0 bridgehead atoms. The second-order valence-corrected chi connectivity index (χ2v) is 17.4. The van der Waals surface area contributed by atoms with Crippen LogP contribution in [0.5, 0.6) is 17.2 Å². The van der Waals surface area contributed by atoms with Crippen molar-refractivity contribution in [3.8, 4) is 17.2 Å². The van der Waals surface area contributed by atoms with E-state index >= 15 is 0 Å². The van der Waals surface area contributed by atoms with Gasteiger partial charge in [-0.05, 0) is 84.8 Å². The van der Waals surface area contributed by atoms with E-state index in [4.69, 9.17) is 5.73 Å². The molecule has 0 unspecified atom stereocenters. The van der Waals surface area contributed by atoms with Crippen LogP contribution in [0.4, 0.5) is 0 Å². The van der Waals surface area contributed by atoms with Gasteiger partial charge in [-0.3, -0.25) is 38.6 Å². The zero-order chi connectivity index (χ0) is 49.8. The summed E-state index contributed by atoms with van der Waals surface area (Å²) in [7, 11) is -4.92. The first kappa shape index (κ1) is 55.1. The SMILES string of the molecule is CC[C@H](C)[C@H](NC(=O)[C@H](CS)NC(C)=O)C(=O)N[C@@H](Cc1ccc(O)cc1)C(=O)N[C@@H](CCCCN)C(=O)N[C@@H](Cc1ccc(OP(=O)(O)O)cc1)C(=O)N[C@@H](Cc1ccc(O)cc1)C(=O)O. The zero-order valence-corrected chi connectivity index (χ0v) is 39.0. The number of hydrogen-bond donors (Lipinski definition) is 13. The van der Waals surface area contributed by atoms with Crippen LogP contribution in [-0.4, -0.2) is 115 Å². The van der Waals surface area contributed by atoms with E-state index in [1.165, 1.54) is 79.7 Å². The molecule has 0 aliphatic carbocycles. The van der Waals surface area contributed by atoms with E-state index in [-0.39, 0.29) is 55.2 Å². The van der Waals surface area contributed by atoms with Crippen LogP contribution in [0.1, 0.15) is 63.1 Å². The fraction of sp³-hybridized carbons (Fsp3) is 0.432. The number of rotatable bonds is 27. The molecule has 7 atom stereocenters. The lowest BCUT2D eigenvalue weighted by Gasteiger charge is -2.29. The zero-order valence-electron chi connectivity index (χ0n) is 37.2. The molecule has 366 valence electrons. The van der Waals surface area contributed by atoms with Gasteiger partial charge in [-0.1, -0.05) is 56.7 Å². The van der Waals surface area contributed by atoms with Crippen LogP contribution in [-0.2, 0) is 57.4 Å². The lowest BCUT2D eigenvalue weighted by molar-refractivity contribution is -0.142. The molecule has 0 spiro atoms. The largest absolute Gasteiger partial charge is 0.524 e. The number of phosphoric acid groups is 1. The number of aliphatic carboxylic acids is 1. The molecule has 23 heteroatoms. The number of thiol groups is 1. The van der Waals surface area contributed by atoms with Gasteiger partial charge in [0.1, 0.15) is 53.5 Å². The van der Waals surface area contributed by atoms with E-state index in [1.54, 1.807) is 13.8 Å². The number of hydrogen-bond acceptors (Lipinski definition) is 13. The molecule has 13 N–H and O–H groups in total. The maximum absolute atomic E-state index is 14.4. The summed E-state index contributed by atoms with van der Waals surface area (Å²) in [6.45, 7) is 4.94. The maximum Gasteiger partial charge on any atom is 0.524 e. The number of benzene rings is 3. The minimum absolute atomic E-state index is 0.0180. The number of phosphoric ester groups is 1. The molecule has 0 aliphatic rings. The number of phenolic OH excluding ortho intramolecular Hbond substituents is 2. The molecule has 0 radical (unpaired) electrons. The molecule has 6 amide bonds. The van der Waals surface area contributed by atoms with Crippen molar-refractivity contribution in [3.05, 3.63) is 89.5 Å². The molecule has 0 saturated heterocycles. The Morgan fingerprint density at radius 1 is 0.627 bits per heavy atom. The van der Waals surface area contributed by atoms with E-state index in [0.29, 0.717) is 36.0 Å². The average molecular weight is 974 g/mol. The number of nitrogens with one attached hydrogen (secondary N) is 6. The minimum atomic E-state index is -4.92. The Morgan fingerprint density at radius 2 is 1.04 bits per heavy atom. The van der Waals surface area contributed by atoms with Gasteiger partial charge >= 0.3 is 13.8 Å². The van der Waals surface area contributed by atoms with Gasteiger partial charge in [-0.25, -0.2) is 9.36 Å². The first-order valence-electron chi connectivity index (χ1n) is 21.3. The number of aromatic hydroxyl groups is 2. The second kappa shape index (κ2) is 26.8. The Bertz CT molecular complexity index is 2200. The van der Waals surface area contributed by atoms with Crippen molar-refractivity contribution in [2.24, 2.45) is 11.7 Å². The summed E-state index contributed by atoms with van der Waals surface area (Å²) in [6.07, 6.45) is 0.446. The van der Waals surface area contributed by atoms with Gasteiger partial charge < -0.3 is 57.5 Å². The van der Waals surface area contributed by atoms with Crippen LogP contribution in [0.15, 0.2) is 72.8 Å². The van der Waals surface area contributed by atoms with Crippen molar-refractivity contribution in [3.63, 3.8) is 0 Å². The van der Waals surface area contributed by atoms with E-state index in [2.05, 4.69) is 49.1 Å². The van der Waals surface area contributed by atoms with Crippen molar-refractivity contribution in [2.75, 3.05) is 12.3 Å². The summed E-state index contributed by atoms with van der Waals surface area (Å²) in [4.78, 5) is 113. The number of carboxylic acids is 1. The van der Waals surface area contributed by atoms with Crippen molar-refractivity contribution < 1.29 is 67.8 Å². The molecule has 0 saturated carbocycles. The third-order valence-corrected chi connectivity index (χ3v) is 11.3. The summed E-state index contributed by atoms with van der Waals surface area (Å²) in [5, 5.41) is 45.3. The van der Waals surface area contributed by atoms with Gasteiger partial charge in [-0.15, -0.1) is 0 Å². The average Bonchev–Trinajstić information content (AvgIpc) is 3.27. The van der Waals surface area contributed by atoms with E-state index in [9.17, 15) is 63.2 Å². The summed E-state index contributed by atoms with van der Waals surface area (Å²) >= 11 is 4.15. The van der Waals surface area contributed by atoms with E-state index in [0.717, 1.165) is 0 Å². The molecular weight excluding hydrogens is 914 g/mol. The van der Waals surface area contributed by atoms with Gasteiger partial charge in [0.2, 0.25) is 35.4 Å². The predicted molar refractivity (Wildman–Crippen MR) is 248 cm³/mol. The van der Waals surface area contributed by atoms with Crippen LogP contribution in [0.3, 0.4) is 0 Å². The molecule has 3 rings (SSSR count). The third kappa shape index (κ3) is 19.3. The highest BCUT2D eigenvalue weighted by molar-refractivity contribution is 7.80. The molecule has 0 fully saturated rings. The lowest BCUT2D eigenvalue weighted by atomic mass is 9.96. The smallest absolute Gasteiger partial charge is 0.508 e. The maximum atomic E-state index is 14.4. The summed E-state index contributed by atoms with van der Waals surface area (Å²) in [5.74, 6) is -6.95. The molecule has 67 heavy (non-hydrogen) atoms. The highest BCUT2D eigenvalue weighted by atomic mass is 32.1. The quantitative estimate of drug-likeness (QED) is 0.0284. The van der Waals surface area contributed by atoms with Crippen molar-refractivity contribution in [1.82, 2.24) is 31.9 Å². The van der Waals surface area contributed by atoms with Crippen LogP contribution in [0, 0.1) is 5.92 Å². The number of amides is 6. The number of carbonyl (C=O) groups excluding carboxylic acids is 6. The third-order valence-electron chi connectivity index (χ3n) is 10.5. The Morgan fingerprint density at radius 3 is 1.48 bits per heavy atom. The van der Waals surface area contributed by atoms with Crippen molar-refractivity contribution in [1.29, 1.82) is 0 Å². The number of carbonyl (C=O) groups is 7. The molecule has 3 aromatic carbocycles. The fourth-order valence-corrected chi connectivity index (χ4v) is 7.30. The summed E-state index contributed by atoms with van der Waals surface area (Å²) < 4.78 is 16.0. The first-order chi connectivity index (χ1) is 31.6. The van der Waals surface area contributed by atoms with Gasteiger partial charge in [0, 0.05) is 31.9 Å². The molecule has 0 aliphatic heterocycles. The van der Waals surface area contributed by atoms with Crippen LogP contribution in [0.2, 0.25) is 0 Å². The summed E-state index contributed by atoms with van der Waals surface area (Å²) in [5.41, 5.74) is 7.03.